The van der Waals surface area contributed by atoms with E-state index >= 15 is 0 Å². The molecule has 0 fully saturated rings. The first-order chi connectivity index (χ1) is 8.02. The van der Waals surface area contributed by atoms with Crippen LogP contribution in [0.2, 0.25) is 5.02 Å². The molecule has 0 heterocycles. The molecule has 0 aliphatic carbocycles. The van der Waals surface area contributed by atoms with Crippen LogP contribution in [0.3, 0.4) is 0 Å². The lowest BCUT2D eigenvalue weighted by Crippen LogP contribution is -2.37. The van der Waals surface area contributed by atoms with Gasteiger partial charge in [0.05, 0.1) is 0 Å². The predicted molar refractivity (Wildman–Crippen MR) is 72.9 cm³/mol. The number of halogens is 2. The van der Waals surface area contributed by atoms with Gasteiger partial charge < -0.3 is 5.32 Å². The summed E-state index contributed by atoms with van der Waals surface area (Å²) in [5, 5.41) is 3.47. The lowest BCUT2D eigenvalue weighted by atomic mass is 10.0. The predicted octanol–water partition coefficient (Wildman–Crippen LogP) is 3.72. The Kier molecular flexibility index (Phi) is 5.79. The van der Waals surface area contributed by atoms with Gasteiger partial charge in [-0.3, -0.25) is 4.79 Å². The minimum atomic E-state index is -0.126. The molecule has 1 rings (SSSR count). The largest absolute Gasteiger partial charge is 0.348 e. The van der Waals surface area contributed by atoms with Crippen molar-refractivity contribution in [2.45, 2.75) is 26.3 Å². The molecule has 1 aromatic rings. The van der Waals surface area contributed by atoms with Crippen molar-refractivity contribution in [1.29, 1.82) is 0 Å². The molecule has 0 bridgehead atoms. The quantitative estimate of drug-likeness (QED) is 0.814. The van der Waals surface area contributed by atoms with Crippen LogP contribution in [0.4, 0.5) is 0 Å². The van der Waals surface area contributed by atoms with Crippen LogP contribution in [0.1, 0.15) is 30.6 Å². The van der Waals surface area contributed by atoms with Crippen molar-refractivity contribution in [1.82, 2.24) is 5.32 Å². The summed E-state index contributed by atoms with van der Waals surface area (Å²) in [4.78, 5) is 11.9. The molecule has 1 N–H and O–H groups in total. The third-order valence-corrected chi connectivity index (χ3v) is 2.97. The maximum absolute atomic E-state index is 11.9. The lowest BCUT2D eigenvalue weighted by molar-refractivity contribution is 0.0936. The molecule has 0 aliphatic rings. The van der Waals surface area contributed by atoms with E-state index in [4.69, 9.17) is 23.2 Å². The summed E-state index contributed by atoms with van der Waals surface area (Å²) in [5.74, 6) is 0.794. The number of carbonyl (C=O) groups is 1. The molecule has 17 heavy (non-hydrogen) atoms. The highest BCUT2D eigenvalue weighted by molar-refractivity contribution is 6.31. The van der Waals surface area contributed by atoms with Gasteiger partial charge in [0, 0.05) is 22.5 Å². The third-order valence-electron chi connectivity index (χ3n) is 2.36. The zero-order valence-corrected chi connectivity index (χ0v) is 11.6. The van der Waals surface area contributed by atoms with Crippen molar-refractivity contribution in [2.75, 3.05) is 5.88 Å². The lowest BCUT2D eigenvalue weighted by Gasteiger charge is -2.18. The van der Waals surface area contributed by atoms with Crippen molar-refractivity contribution in [3.05, 3.63) is 34.9 Å². The van der Waals surface area contributed by atoms with E-state index < -0.39 is 0 Å². The fraction of sp³-hybridized carbons (Fsp3) is 0.462. The molecule has 4 heteroatoms. The normalized spacial score (nSPS) is 12.5. The van der Waals surface area contributed by atoms with Gasteiger partial charge >= 0.3 is 0 Å². The van der Waals surface area contributed by atoms with Gasteiger partial charge in [-0.2, -0.15) is 0 Å². The number of hydrogen-bond donors (Lipinski definition) is 1. The number of nitrogens with one attached hydrogen (secondary N) is 1. The Balaban J connectivity index is 2.64. The summed E-state index contributed by atoms with van der Waals surface area (Å²) in [6, 6.07) is 6.89. The van der Waals surface area contributed by atoms with E-state index in [1.165, 1.54) is 0 Å². The average molecular weight is 274 g/mol. The van der Waals surface area contributed by atoms with Gasteiger partial charge in [-0.1, -0.05) is 31.5 Å². The highest BCUT2D eigenvalue weighted by atomic mass is 35.5. The molecule has 0 aliphatic heterocycles. The van der Waals surface area contributed by atoms with Gasteiger partial charge in [0.15, 0.2) is 0 Å². The summed E-state index contributed by atoms with van der Waals surface area (Å²) in [7, 11) is 0. The van der Waals surface area contributed by atoms with E-state index in [1.54, 1.807) is 24.3 Å². The standard InChI is InChI=1S/C13H17Cl2NO/c1-9(2)6-12(8-14)16-13(17)10-4-3-5-11(15)7-10/h3-5,7,9,12H,6,8H2,1-2H3,(H,16,17). The van der Waals surface area contributed by atoms with E-state index in [1.807, 2.05) is 0 Å². The molecular weight excluding hydrogens is 257 g/mol. The molecular formula is C13H17Cl2NO. The fourth-order valence-electron chi connectivity index (χ4n) is 1.63. The van der Waals surface area contributed by atoms with Crippen molar-refractivity contribution in [3.63, 3.8) is 0 Å². The Morgan fingerprint density at radius 2 is 2.12 bits per heavy atom. The zero-order chi connectivity index (χ0) is 12.8. The monoisotopic (exact) mass is 273 g/mol. The van der Waals surface area contributed by atoms with Crippen LogP contribution in [0.15, 0.2) is 24.3 Å². The van der Waals surface area contributed by atoms with Crippen molar-refractivity contribution in [2.24, 2.45) is 5.92 Å². The number of benzene rings is 1. The van der Waals surface area contributed by atoms with E-state index in [0.29, 0.717) is 22.4 Å². The van der Waals surface area contributed by atoms with Crippen molar-refractivity contribution >= 4 is 29.1 Å². The van der Waals surface area contributed by atoms with E-state index in [-0.39, 0.29) is 11.9 Å². The summed E-state index contributed by atoms with van der Waals surface area (Å²) in [5.41, 5.74) is 0.566. The van der Waals surface area contributed by atoms with Crippen LogP contribution in [0.5, 0.6) is 0 Å². The Bertz CT molecular complexity index is 379. The topological polar surface area (TPSA) is 29.1 Å². The molecule has 0 aromatic heterocycles. The van der Waals surface area contributed by atoms with Crippen molar-refractivity contribution < 1.29 is 4.79 Å². The van der Waals surface area contributed by atoms with Gasteiger partial charge in [0.2, 0.25) is 0 Å². The molecule has 1 amide bonds. The minimum Gasteiger partial charge on any atom is -0.348 e. The zero-order valence-electron chi connectivity index (χ0n) is 10.0. The Labute approximate surface area is 112 Å². The average Bonchev–Trinajstić information content (AvgIpc) is 2.27. The smallest absolute Gasteiger partial charge is 0.251 e. The maximum atomic E-state index is 11.9. The molecule has 0 saturated heterocycles. The van der Waals surface area contributed by atoms with Gasteiger partial charge in [0.1, 0.15) is 0 Å². The molecule has 1 unspecified atom stereocenters. The van der Waals surface area contributed by atoms with Crippen LogP contribution in [-0.4, -0.2) is 17.8 Å². The van der Waals surface area contributed by atoms with E-state index in [9.17, 15) is 4.79 Å². The second kappa shape index (κ2) is 6.87. The SMILES string of the molecule is CC(C)CC(CCl)NC(=O)c1cccc(Cl)c1. The second-order valence-corrected chi connectivity index (χ2v) is 5.21. The number of rotatable bonds is 5. The number of hydrogen-bond acceptors (Lipinski definition) is 1. The minimum absolute atomic E-state index is 0.00292. The molecule has 94 valence electrons. The molecule has 0 radical (unpaired) electrons. The Morgan fingerprint density at radius 3 is 2.65 bits per heavy atom. The summed E-state index contributed by atoms with van der Waals surface area (Å²) in [6.45, 7) is 4.20. The molecule has 1 atom stereocenters. The van der Waals surface area contributed by atoms with Crippen molar-refractivity contribution in [3.8, 4) is 0 Å². The van der Waals surface area contributed by atoms with Crippen LogP contribution in [0, 0.1) is 5.92 Å². The van der Waals surface area contributed by atoms with Crippen LogP contribution in [-0.2, 0) is 0 Å². The highest BCUT2D eigenvalue weighted by Gasteiger charge is 2.14. The highest BCUT2D eigenvalue weighted by Crippen LogP contribution is 2.12. The van der Waals surface area contributed by atoms with E-state index in [2.05, 4.69) is 19.2 Å². The van der Waals surface area contributed by atoms with Crippen LogP contribution in [0.25, 0.3) is 0 Å². The maximum Gasteiger partial charge on any atom is 0.251 e. The second-order valence-electron chi connectivity index (χ2n) is 4.46. The van der Waals surface area contributed by atoms with Gasteiger partial charge in [0.25, 0.3) is 5.91 Å². The van der Waals surface area contributed by atoms with Crippen LogP contribution < -0.4 is 5.32 Å². The van der Waals surface area contributed by atoms with Gasteiger partial charge in [-0.15, -0.1) is 11.6 Å². The summed E-state index contributed by atoms with van der Waals surface area (Å²) < 4.78 is 0. The molecule has 0 saturated carbocycles. The first-order valence-electron chi connectivity index (χ1n) is 5.65. The molecule has 2 nitrogen and oxygen atoms in total. The van der Waals surface area contributed by atoms with Gasteiger partial charge in [-0.25, -0.2) is 0 Å². The summed E-state index contributed by atoms with van der Waals surface area (Å²) in [6.07, 6.45) is 0.871. The van der Waals surface area contributed by atoms with Gasteiger partial charge in [-0.05, 0) is 30.5 Å². The number of amides is 1. The first kappa shape index (κ1) is 14.3. The molecule has 0 spiro atoms. The number of alkyl halides is 1. The fourth-order valence-corrected chi connectivity index (χ4v) is 2.02. The third kappa shape index (κ3) is 4.97. The first-order valence-corrected chi connectivity index (χ1v) is 6.56. The summed E-state index contributed by atoms with van der Waals surface area (Å²) >= 11 is 11.7. The number of carbonyl (C=O) groups excluding carboxylic acids is 1. The molecule has 1 aromatic carbocycles. The Hall–Kier alpha value is -0.730. The van der Waals surface area contributed by atoms with Crippen LogP contribution >= 0.6 is 23.2 Å². The Morgan fingerprint density at radius 1 is 1.41 bits per heavy atom. The van der Waals surface area contributed by atoms with E-state index in [0.717, 1.165) is 6.42 Å².